The van der Waals surface area contributed by atoms with Crippen LogP contribution in [0.15, 0.2) is 0 Å². The summed E-state index contributed by atoms with van der Waals surface area (Å²) in [5.41, 5.74) is 0. The minimum Gasteiger partial charge on any atom is -0.381 e. The van der Waals surface area contributed by atoms with Crippen molar-refractivity contribution >= 4 is 0 Å². The molecule has 0 unspecified atom stereocenters. The fourth-order valence-electron chi connectivity index (χ4n) is 2.16. The number of hydrogen-bond acceptors (Lipinski definition) is 2. The summed E-state index contributed by atoms with van der Waals surface area (Å²) in [5, 5.41) is 2.41. The van der Waals surface area contributed by atoms with Gasteiger partial charge in [0.15, 0.2) is 0 Å². The van der Waals surface area contributed by atoms with Gasteiger partial charge in [0.2, 0.25) is 0 Å². The van der Waals surface area contributed by atoms with Crippen molar-refractivity contribution in [1.82, 2.24) is 4.90 Å². The molecule has 0 aromatic heterocycles. The Morgan fingerprint density at radius 3 is 2.50 bits per heavy atom. The second kappa shape index (κ2) is 3.73. The molecule has 0 aromatic rings. The van der Waals surface area contributed by atoms with Gasteiger partial charge in [-0.3, -0.25) is 4.90 Å². The molecule has 2 rings (SSSR count). The van der Waals surface area contributed by atoms with Crippen molar-refractivity contribution in [3.05, 3.63) is 0 Å². The molecular formula is C9H19N2O+. The van der Waals surface area contributed by atoms with Crippen molar-refractivity contribution in [2.75, 3.05) is 33.3 Å². The van der Waals surface area contributed by atoms with Gasteiger partial charge < -0.3 is 10.1 Å². The fourth-order valence-corrected chi connectivity index (χ4v) is 2.16. The van der Waals surface area contributed by atoms with Gasteiger partial charge in [0.25, 0.3) is 0 Å². The molecule has 1 saturated heterocycles. The molecule has 70 valence electrons. The summed E-state index contributed by atoms with van der Waals surface area (Å²) < 4.78 is 5.27. The van der Waals surface area contributed by atoms with Crippen LogP contribution < -0.4 is 5.32 Å². The second-order valence-corrected chi connectivity index (χ2v) is 3.88. The molecule has 0 spiro atoms. The Balaban J connectivity index is 1.72. The average Bonchev–Trinajstić information content (AvgIpc) is 2.04. The number of methoxy groups -OCH3 is 1. The number of rotatable bonds is 2. The number of nitrogens with two attached hydrogens (primary N) is 1. The van der Waals surface area contributed by atoms with Gasteiger partial charge in [0, 0.05) is 26.2 Å². The molecular weight excluding hydrogens is 152 g/mol. The number of nitrogens with zero attached hydrogens (tertiary/aromatic N) is 1. The summed E-state index contributed by atoms with van der Waals surface area (Å²) in [6.45, 7) is 5.13. The van der Waals surface area contributed by atoms with Gasteiger partial charge in [0.05, 0.1) is 19.2 Å². The molecule has 2 fully saturated rings. The van der Waals surface area contributed by atoms with Crippen LogP contribution in [0.4, 0.5) is 0 Å². The minimum atomic E-state index is 0.556. The Hall–Kier alpha value is -0.120. The minimum absolute atomic E-state index is 0.556. The topological polar surface area (TPSA) is 29.1 Å². The summed E-state index contributed by atoms with van der Waals surface area (Å²) in [4.78, 5) is 2.62. The van der Waals surface area contributed by atoms with Crippen LogP contribution >= 0.6 is 0 Å². The highest BCUT2D eigenvalue weighted by molar-refractivity contribution is 4.88. The Labute approximate surface area is 74.1 Å². The molecule has 0 aromatic carbocycles. The van der Waals surface area contributed by atoms with Gasteiger partial charge in [-0.1, -0.05) is 0 Å². The van der Waals surface area contributed by atoms with Crippen molar-refractivity contribution in [3.63, 3.8) is 0 Å². The maximum atomic E-state index is 5.27. The molecule has 12 heavy (non-hydrogen) atoms. The van der Waals surface area contributed by atoms with Crippen LogP contribution in [0, 0.1) is 0 Å². The summed E-state index contributed by atoms with van der Waals surface area (Å²) >= 11 is 0. The maximum absolute atomic E-state index is 5.27. The average molecular weight is 171 g/mol. The summed E-state index contributed by atoms with van der Waals surface area (Å²) in [6, 6.07) is 0.837. The molecule has 1 heterocycles. The standard InChI is InChI=1S/C9H18N2O/c1-12-9-6-8(7-9)11-4-2-10-3-5-11/h8-10H,2-7H2,1H3/p+1. The van der Waals surface area contributed by atoms with E-state index >= 15 is 0 Å². The van der Waals surface area contributed by atoms with Crippen molar-refractivity contribution in [2.45, 2.75) is 25.0 Å². The molecule has 0 bridgehead atoms. The predicted molar refractivity (Wildman–Crippen MR) is 47.1 cm³/mol. The zero-order chi connectivity index (χ0) is 8.39. The molecule has 2 aliphatic rings. The highest BCUT2D eigenvalue weighted by atomic mass is 16.5. The fraction of sp³-hybridized carbons (Fsp3) is 1.00. The van der Waals surface area contributed by atoms with Crippen LogP contribution in [-0.2, 0) is 4.74 Å². The molecule has 1 aliphatic carbocycles. The van der Waals surface area contributed by atoms with Crippen LogP contribution in [-0.4, -0.2) is 50.3 Å². The van der Waals surface area contributed by atoms with Crippen molar-refractivity contribution in [1.29, 1.82) is 0 Å². The van der Waals surface area contributed by atoms with E-state index in [-0.39, 0.29) is 0 Å². The third-order valence-electron chi connectivity index (χ3n) is 3.16. The Bertz CT molecular complexity index is 139. The maximum Gasteiger partial charge on any atom is 0.0885 e. The van der Waals surface area contributed by atoms with Gasteiger partial charge in [-0.05, 0) is 12.8 Å². The van der Waals surface area contributed by atoms with Crippen molar-refractivity contribution in [2.24, 2.45) is 0 Å². The van der Waals surface area contributed by atoms with E-state index in [4.69, 9.17) is 4.74 Å². The van der Waals surface area contributed by atoms with Crippen LogP contribution in [0.1, 0.15) is 12.8 Å². The lowest BCUT2D eigenvalue weighted by Crippen LogP contribution is -2.90. The Morgan fingerprint density at radius 1 is 1.25 bits per heavy atom. The van der Waals surface area contributed by atoms with E-state index < -0.39 is 0 Å². The highest BCUT2D eigenvalue weighted by Crippen LogP contribution is 2.27. The molecule has 3 nitrogen and oxygen atoms in total. The van der Waals surface area contributed by atoms with Gasteiger partial charge in [-0.25, -0.2) is 0 Å². The van der Waals surface area contributed by atoms with Crippen LogP contribution in [0.3, 0.4) is 0 Å². The first kappa shape index (κ1) is 8.48. The number of ether oxygens (including phenoxy) is 1. The first-order valence-corrected chi connectivity index (χ1v) is 4.98. The quantitative estimate of drug-likeness (QED) is 0.580. The molecule has 2 N–H and O–H groups in total. The van der Waals surface area contributed by atoms with E-state index in [9.17, 15) is 0 Å². The van der Waals surface area contributed by atoms with Crippen LogP contribution in [0.25, 0.3) is 0 Å². The van der Waals surface area contributed by atoms with E-state index in [1.54, 1.807) is 0 Å². The highest BCUT2D eigenvalue weighted by Gasteiger charge is 2.34. The smallest absolute Gasteiger partial charge is 0.0885 e. The van der Waals surface area contributed by atoms with Gasteiger partial charge in [-0.15, -0.1) is 0 Å². The lowest BCUT2D eigenvalue weighted by molar-refractivity contribution is -0.664. The molecule has 1 aliphatic heterocycles. The van der Waals surface area contributed by atoms with E-state index in [2.05, 4.69) is 10.2 Å². The summed E-state index contributed by atoms with van der Waals surface area (Å²) in [5.74, 6) is 0. The largest absolute Gasteiger partial charge is 0.381 e. The third kappa shape index (κ3) is 1.63. The Kier molecular flexibility index (Phi) is 2.63. The first-order valence-electron chi connectivity index (χ1n) is 4.98. The van der Waals surface area contributed by atoms with Crippen LogP contribution in [0.5, 0.6) is 0 Å². The zero-order valence-corrected chi connectivity index (χ0v) is 7.83. The van der Waals surface area contributed by atoms with Crippen LogP contribution in [0.2, 0.25) is 0 Å². The molecule has 3 heteroatoms. The predicted octanol–water partition coefficient (Wildman–Crippen LogP) is -0.957. The first-order chi connectivity index (χ1) is 5.90. The van der Waals surface area contributed by atoms with Crippen molar-refractivity contribution < 1.29 is 10.1 Å². The van der Waals surface area contributed by atoms with E-state index in [0.29, 0.717) is 6.10 Å². The third-order valence-corrected chi connectivity index (χ3v) is 3.16. The zero-order valence-electron chi connectivity index (χ0n) is 7.83. The number of quaternary nitrogens is 1. The second-order valence-electron chi connectivity index (χ2n) is 3.88. The lowest BCUT2D eigenvalue weighted by Gasteiger charge is -2.42. The SMILES string of the molecule is COC1CC(N2CC[NH2+]CC2)C1. The number of piperazine rings is 1. The Morgan fingerprint density at radius 2 is 1.92 bits per heavy atom. The molecule has 0 radical (unpaired) electrons. The monoisotopic (exact) mass is 171 g/mol. The van der Waals surface area contributed by atoms with Gasteiger partial charge in [0.1, 0.15) is 0 Å². The number of hydrogen-bond donors (Lipinski definition) is 1. The molecule has 0 atom stereocenters. The van der Waals surface area contributed by atoms with Crippen molar-refractivity contribution in [3.8, 4) is 0 Å². The summed E-state index contributed by atoms with van der Waals surface area (Å²) in [6.07, 6.45) is 3.08. The van der Waals surface area contributed by atoms with E-state index in [0.717, 1.165) is 6.04 Å². The molecule has 1 saturated carbocycles. The van der Waals surface area contributed by atoms with Gasteiger partial charge >= 0.3 is 0 Å². The van der Waals surface area contributed by atoms with E-state index in [1.165, 1.54) is 39.0 Å². The molecule has 0 amide bonds. The normalized spacial score (nSPS) is 37.8. The summed E-state index contributed by atoms with van der Waals surface area (Å²) in [7, 11) is 1.82. The van der Waals surface area contributed by atoms with Gasteiger partial charge in [-0.2, -0.15) is 0 Å². The van der Waals surface area contributed by atoms with E-state index in [1.807, 2.05) is 7.11 Å². The lowest BCUT2D eigenvalue weighted by atomic mass is 9.87.